The summed E-state index contributed by atoms with van der Waals surface area (Å²) in [6.07, 6.45) is 1.12. The Morgan fingerprint density at radius 1 is 1.32 bits per heavy atom. The molecule has 1 aliphatic rings. The molecule has 1 fully saturated rings. The van der Waals surface area contributed by atoms with E-state index in [9.17, 15) is 4.79 Å². The molecule has 1 aromatic carbocycles. The topological polar surface area (TPSA) is 64.8 Å². The average Bonchev–Trinajstić information content (AvgIpc) is 2.46. The molecule has 0 saturated carbocycles. The first kappa shape index (κ1) is 13.8. The lowest BCUT2D eigenvalue weighted by Crippen LogP contribution is -2.57. The fourth-order valence-electron chi connectivity index (χ4n) is 2.21. The van der Waals surface area contributed by atoms with Crippen molar-refractivity contribution in [1.82, 2.24) is 0 Å². The van der Waals surface area contributed by atoms with E-state index in [0.29, 0.717) is 26.1 Å². The number of benzene rings is 1. The third-order valence-electron chi connectivity index (χ3n) is 3.58. The van der Waals surface area contributed by atoms with Crippen LogP contribution in [0.3, 0.4) is 0 Å². The molecule has 0 atom stereocenters. The Kier molecular flexibility index (Phi) is 4.07. The molecule has 0 bridgehead atoms. The molecule has 104 valence electrons. The first-order valence-corrected chi connectivity index (χ1v) is 6.36. The van der Waals surface area contributed by atoms with Crippen molar-refractivity contribution in [3.8, 4) is 5.75 Å². The van der Waals surface area contributed by atoms with Gasteiger partial charge in [-0.05, 0) is 37.1 Å². The van der Waals surface area contributed by atoms with Gasteiger partial charge in [0.25, 0.3) is 0 Å². The number of carbonyl (C=O) groups excluding carboxylic acids is 1. The predicted molar refractivity (Wildman–Crippen MR) is 73.4 cm³/mol. The summed E-state index contributed by atoms with van der Waals surface area (Å²) in [5.74, 6) is 0.694. The lowest BCUT2D eigenvalue weighted by Gasteiger charge is -2.35. The summed E-state index contributed by atoms with van der Waals surface area (Å²) in [6, 6.07) is 7.34. The van der Waals surface area contributed by atoms with E-state index in [1.54, 1.807) is 19.1 Å². The first-order chi connectivity index (χ1) is 9.07. The molecule has 0 spiro atoms. The minimum Gasteiger partial charge on any atom is -0.497 e. The molecule has 1 heterocycles. The van der Waals surface area contributed by atoms with Gasteiger partial charge in [0.1, 0.15) is 11.3 Å². The fourth-order valence-corrected chi connectivity index (χ4v) is 2.21. The van der Waals surface area contributed by atoms with E-state index >= 15 is 0 Å². The smallest absolute Gasteiger partial charge is 0.246 e. The van der Waals surface area contributed by atoms with Crippen molar-refractivity contribution in [2.75, 3.05) is 32.3 Å². The minimum atomic E-state index is -0.813. The van der Waals surface area contributed by atoms with Crippen molar-refractivity contribution < 1.29 is 14.3 Å². The van der Waals surface area contributed by atoms with Crippen molar-refractivity contribution in [3.63, 3.8) is 0 Å². The largest absolute Gasteiger partial charge is 0.497 e. The second kappa shape index (κ2) is 5.59. The summed E-state index contributed by atoms with van der Waals surface area (Å²) >= 11 is 0. The zero-order valence-corrected chi connectivity index (χ0v) is 11.4. The number of ether oxygens (including phenoxy) is 2. The van der Waals surface area contributed by atoms with E-state index in [2.05, 4.69) is 0 Å². The summed E-state index contributed by atoms with van der Waals surface area (Å²) < 4.78 is 10.4. The van der Waals surface area contributed by atoms with Crippen LogP contribution in [0.25, 0.3) is 0 Å². The van der Waals surface area contributed by atoms with E-state index in [1.165, 1.54) is 0 Å². The maximum atomic E-state index is 12.5. The molecule has 5 heteroatoms. The maximum Gasteiger partial charge on any atom is 0.246 e. The van der Waals surface area contributed by atoms with Gasteiger partial charge in [0.05, 0.1) is 7.11 Å². The van der Waals surface area contributed by atoms with Gasteiger partial charge in [-0.1, -0.05) is 0 Å². The molecule has 2 rings (SSSR count). The van der Waals surface area contributed by atoms with Crippen LogP contribution in [-0.4, -0.2) is 38.8 Å². The van der Waals surface area contributed by atoms with Gasteiger partial charge >= 0.3 is 0 Å². The molecule has 0 aliphatic carbocycles. The normalized spacial score (nSPS) is 17.8. The molecule has 1 saturated heterocycles. The monoisotopic (exact) mass is 264 g/mol. The number of nitrogens with zero attached hydrogens (tertiary/aromatic N) is 1. The number of anilines is 1. The van der Waals surface area contributed by atoms with E-state index in [0.717, 1.165) is 11.4 Å². The highest BCUT2D eigenvalue weighted by atomic mass is 16.5. The Balaban J connectivity index is 2.13. The van der Waals surface area contributed by atoms with Gasteiger partial charge in [-0.15, -0.1) is 0 Å². The molecule has 5 nitrogen and oxygen atoms in total. The summed E-state index contributed by atoms with van der Waals surface area (Å²) in [5, 5.41) is 0. The molecule has 1 amide bonds. The van der Waals surface area contributed by atoms with Crippen LogP contribution >= 0.6 is 0 Å². The highest BCUT2D eigenvalue weighted by Crippen LogP contribution is 2.24. The van der Waals surface area contributed by atoms with Crippen LogP contribution in [0.15, 0.2) is 24.3 Å². The third-order valence-corrected chi connectivity index (χ3v) is 3.58. The van der Waals surface area contributed by atoms with E-state index in [4.69, 9.17) is 15.2 Å². The van der Waals surface area contributed by atoms with Crippen LogP contribution in [0, 0.1) is 0 Å². The maximum absolute atomic E-state index is 12.5. The van der Waals surface area contributed by atoms with Crippen molar-refractivity contribution in [3.05, 3.63) is 24.3 Å². The third kappa shape index (κ3) is 2.88. The van der Waals surface area contributed by atoms with Gasteiger partial charge < -0.3 is 20.1 Å². The molecule has 0 radical (unpaired) electrons. The van der Waals surface area contributed by atoms with Gasteiger partial charge in [-0.2, -0.15) is 0 Å². The van der Waals surface area contributed by atoms with Crippen molar-refractivity contribution >= 4 is 11.6 Å². The molecule has 1 aliphatic heterocycles. The summed E-state index contributed by atoms with van der Waals surface area (Å²) in [7, 11) is 3.36. The summed E-state index contributed by atoms with van der Waals surface area (Å²) in [4.78, 5) is 14.1. The molecule has 19 heavy (non-hydrogen) atoms. The fraction of sp³-hybridized carbons (Fsp3) is 0.500. The Bertz CT molecular complexity index is 439. The van der Waals surface area contributed by atoms with Crippen molar-refractivity contribution in [2.45, 2.75) is 18.4 Å². The van der Waals surface area contributed by atoms with Crippen molar-refractivity contribution in [2.24, 2.45) is 5.73 Å². The Labute approximate surface area is 113 Å². The zero-order valence-electron chi connectivity index (χ0n) is 11.4. The number of hydrogen-bond acceptors (Lipinski definition) is 4. The van der Waals surface area contributed by atoms with Gasteiger partial charge in [0.2, 0.25) is 5.91 Å². The number of rotatable bonds is 3. The Morgan fingerprint density at radius 3 is 2.42 bits per heavy atom. The number of nitrogens with two attached hydrogens (primary N) is 1. The number of carbonyl (C=O) groups is 1. The van der Waals surface area contributed by atoms with E-state index in [1.807, 2.05) is 24.3 Å². The molecular formula is C14H20N2O3. The van der Waals surface area contributed by atoms with Crippen LogP contribution in [0.4, 0.5) is 5.69 Å². The lowest BCUT2D eigenvalue weighted by atomic mass is 9.89. The standard InChI is InChI=1S/C14H20N2O3/c1-16(11-3-5-12(18-2)6-4-11)13(17)14(15)7-9-19-10-8-14/h3-6H,7-10,15H2,1-2H3. The van der Waals surface area contributed by atoms with Crippen molar-refractivity contribution in [1.29, 1.82) is 0 Å². The second-order valence-electron chi connectivity index (χ2n) is 4.83. The van der Waals surface area contributed by atoms with Gasteiger partial charge in [0.15, 0.2) is 0 Å². The molecule has 0 unspecified atom stereocenters. The molecular weight excluding hydrogens is 244 g/mol. The Hall–Kier alpha value is -1.59. The minimum absolute atomic E-state index is 0.0685. The van der Waals surface area contributed by atoms with Crippen LogP contribution < -0.4 is 15.4 Å². The summed E-state index contributed by atoms with van der Waals surface area (Å²) in [5.41, 5.74) is 6.20. The SMILES string of the molecule is COc1ccc(N(C)C(=O)C2(N)CCOCC2)cc1. The van der Waals surface area contributed by atoms with Crippen LogP contribution in [0.2, 0.25) is 0 Å². The zero-order chi connectivity index (χ0) is 13.9. The molecule has 2 N–H and O–H groups in total. The predicted octanol–water partition coefficient (Wildman–Crippen LogP) is 1.17. The Morgan fingerprint density at radius 2 is 1.89 bits per heavy atom. The van der Waals surface area contributed by atoms with Gasteiger partial charge in [-0.25, -0.2) is 0 Å². The number of hydrogen-bond donors (Lipinski definition) is 1. The van der Waals surface area contributed by atoms with Crippen LogP contribution in [0.1, 0.15) is 12.8 Å². The molecule has 0 aromatic heterocycles. The van der Waals surface area contributed by atoms with Gasteiger partial charge in [-0.3, -0.25) is 4.79 Å². The highest BCUT2D eigenvalue weighted by Gasteiger charge is 2.38. The van der Waals surface area contributed by atoms with Crippen LogP contribution in [-0.2, 0) is 9.53 Å². The number of likely N-dealkylation sites (N-methyl/N-ethyl adjacent to an activating group) is 1. The quantitative estimate of drug-likeness (QED) is 0.890. The number of amides is 1. The van der Waals surface area contributed by atoms with E-state index < -0.39 is 5.54 Å². The highest BCUT2D eigenvalue weighted by molar-refractivity contribution is 5.99. The average molecular weight is 264 g/mol. The van der Waals surface area contributed by atoms with Crippen LogP contribution in [0.5, 0.6) is 5.75 Å². The molecule has 1 aromatic rings. The van der Waals surface area contributed by atoms with E-state index in [-0.39, 0.29) is 5.91 Å². The first-order valence-electron chi connectivity index (χ1n) is 6.36. The number of methoxy groups -OCH3 is 1. The lowest BCUT2D eigenvalue weighted by molar-refractivity contribution is -0.126. The second-order valence-corrected chi connectivity index (χ2v) is 4.83. The van der Waals surface area contributed by atoms with Gasteiger partial charge in [0, 0.05) is 25.9 Å². The summed E-state index contributed by atoms with van der Waals surface area (Å²) in [6.45, 7) is 1.08.